The van der Waals surface area contributed by atoms with E-state index in [1.54, 1.807) is 0 Å². The molecule has 4 heteroatoms. The van der Waals surface area contributed by atoms with Gasteiger partial charge in [0.1, 0.15) is 0 Å². The highest BCUT2D eigenvalue weighted by Crippen LogP contribution is 2.31. The summed E-state index contributed by atoms with van der Waals surface area (Å²) in [5, 5.41) is 5.63. The number of nitrogens with zero attached hydrogens (tertiary/aromatic N) is 1. The number of fused-ring (bicyclic) bond motifs is 1. The maximum Gasteiger partial charge on any atom is 0.222 e. The normalized spacial score (nSPS) is 18.2. The lowest BCUT2D eigenvalue weighted by Crippen LogP contribution is -2.44. The SMILES string of the molecule is CCN(Cc1ccccc1)C(=O)CCC1(Cc2ccc3ccccc3c2)CCC(=O)N1. The van der Waals surface area contributed by atoms with Crippen LogP contribution in [0.4, 0.5) is 0 Å². The summed E-state index contributed by atoms with van der Waals surface area (Å²) < 4.78 is 0. The lowest BCUT2D eigenvalue weighted by atomic mass is 9.84. The van der Waals surface area contributed by atoms with Crippen molar-refractivity contribution in [2.45, 2.75) is 51.1 Å². The molecule has 0 aliphatic carbocycles. The Hall–Kier alpha value is -3.14. The van der Waals surface area contributed by atoms with Crippen molar-refractivity contribution in [1.82, 2.24) is 10.2 Å². The van der Waals surface area contributed by atoms with Crippen LogP contribution in [0.2, 0.25) is 0 Å². The van der Waals surface area contributed by atoms with E-state index in [4.69, 9.17) is 0 Å². The minimum atomic E-state index is -0.346. The van der Waals surface area contributed by atoms with Crippen molar-refractivity contribution in [3.8, 4) is 0 Å². The first-order valence-corrected chi connectivity index (χ1v) is 11.2. The van der Waals surface area contributed by atoms with Gasteiger partial charge in [-0.2, -0.15) is 0 Å². The Kier molecular flexibility index (Phi) is 6.36. The van der Waals surface area contributed by atoms with Crippen molar-refractivity contribution in [2.24, 2.45) is 0 Å². The predicted octanol–water partition coefficient (Wildman–Crippen LogP) is 4.86. The molecule has 1 aliphatic rings. The minimum absolute atomic E-state index is 0.0878. The van der Waals surface area contributed by atoms with Crippen LogP contribution >= 0.6 is 0 Å². The Morgan fingerprint density at radius 1 is 0.968 bits per heavy atom. The molecule has 160 valence electrons. The summed E-state index contributed by atoms with van der Waals surface area (Å²) in [7, 11) is 0. The average Bonchev–Trinajstić information content (AvgIpc) is 3.17. The molecule has 1 atom stereocenters. The molecule has 1 saturated heterocycles. The van der Waals surface area contributed by atoms with Gasteiger partial charge in [0.15, 0.2) is 0 Å². The molecule has 3 aromatic carbocycles. The van der Waals surface area contributed by atoms with Crippen LogP contribution in [0.3, 0.4) is 0 Å². The summed E-state index contributed by atoms with van der Waals surface area (Å²) in [5.74, 6) is 0.232. The molecule has 1 fully saturated rings. The summed E-state index contributed by atoms with van der Waals surface area (Å²) in [6.45, 7) is 3.32. The molecular formula is C27H30N2O2. The minimum Gasteiger partial charge on any atom is -0.350 e. The van der Waals surface area contributed by atoms with Crippen molar-refractivity contribution in [3.05, 3.63) is 83.9 Å². The quantitative estimate of drug-likeness (QED) is 0.572. The Balaban J connectivity index is 1.45. The fourth-order valence-corrected chi connectivity index (χ4v) is 4.61. The van der Waals surface area contributed by atoms with E-state index in [-0.39, 0.29) is 17.4 Å². The van der Waals surface area contributed by atoms with Gasteiger partial charge in [-0.25, -0.2) is 0 Å². The molecule has 4 nitrogen and oxygen atoms in total. The van der Waals surface area contributed by atoms with Gasteiger partial charge in [0.2, 0.25) is 11.8 Å². The van der Waals surface area contributed by atoms with E-state index in [1.165, 1.54) is 16.3 Å². The average molecular weight is 415 g/mol. The molecule has 0 saturated carbocycles. The van der Waals surface area contributed by atoms with Crippen LogP contribution in [-0.2, 0) is 22.6 Å². The van der Waals surface area contributed by atoms with Crippen LogP contribution in [0.15, 0.2) is 72.8 Å². The fraction of sp³-hybridized carbons (Fsp3) is 0.333. The molecule has 31 heavy (non-hydrogen) atoms. The van der Waals surface area contributed by atoms with Gasteiger partial charge >= 0.3 is 0 Å². The number of amides is 2. The van der Waals surface area contributed by atoms with Gasteiger partial charge in [-0.15, -0.1) is 0 Å². The summed E-state index contributed by atoms with van der Waals surface area (Å²) in [6, 6.07) is 24.9. The molecule has 3 aromatic rings. The number of carbonyl (C=O) groups is 2. The number of carbonyl (C=O) groups excluding carboxylic acids is 2. The Labute approximate surface area is 184 Å². The van der Waals surface area contributed by atoms with Crippen LogP contribution in [-0.4, -0.2) is 28.8 Å². The molecule has 0 radical (unpaired) electrons. The molecule has 1 aliphatic heterocycles. The highest BCUT2D eigenvalue weighted by Gasteiger charge is 2.38. The van der Waals surface area contributed by atoms with Crippen LogP contribution in [0, 0.1) is 0 Å². The number of nitrogens with one attached hydrogen (secondary N) is 1. The van der Waals surface area contributed by atoms with E-state index in [9.17, 15) is 9.59 Å². The first kappa shape index (κ1) is 21.1. The van der Waals surface area contributed by atoms with Gasteiger partial charge in [-0.3, -0.25) is 9.59 Å². The van der Waals surface area contributed by atoms with Crippen molar-refractivity contribution in [1.29, 1.82) is 0 Å². The second kappa shape index (κ2) is 9.34. The van der Waals surface area contributed by atoms with Crippen molar-refractivity contribution >= 4 is 22.6 Å². The zero-order valence-electron chi connectivity index (χ0n) is 18.1. The molecule has 4 rings (SSSR count). The predicted molar refractivity (Wildman–Crippen MR) is 125 cm³/mol. The Bertz CT molecular complexity index is 1060. The smallest absolute Gasteiger partial charge is 0.222 e. The maximum atomic E-state index is 13.0. The van der Waals surface area contributed by atoms with Gasteiger partial charge in [0, 0.05) is 31.5 Å². The standard InChI is InChI=1S/C27H30N2O2/c1-2-29(20-21-8-4-3-5-9-21)26(31)15-17-27(16-14-25(30)28-27)19-22-12-13-23-10-6-7-11-24(23)18-22/h3-13,18H,2,14-17,19-20H2,1H3,(H,28,30). The van der Waals surface area contributed by atoms with Gasteiger partial charge < -0.3 is 10.2 Å². The van der Waals surface area contributed by atoms with Gasteiger partial charge in [-0.1, -0.05) is 72.8 Å². The second-order valence-corrected chi connectivity index (χ2v) is 8.58. The fourth-order valence-electron chi connectivity index (χ4n) is 4.61. The third-order valence-corrected chi connectivity index (χ3v) is 6.36. The third kappa shape index (κ3) is 5.13. The summed E-state index contributed by atoms with van der Waals surface area (Å²) in [6.07, 6.45) is 3.16. The topological polar surface area (TPSA) is 49.4 Å². The lowest BCUT2D eigenvalue weighted by Gasteiger charge is -2.31. The monoisotopic (exact) mass is 414 g/mol. The van der Waals surface area contributed by atoms with E-state index in [0.29, 0.717) is 32.4 Å². The summed E-state index contributed by atoms with van der Waals surface area (Å²) >= 11 is 0. The summed E-state index contributed by atoms with van der Waals surface area (Å²) in [4.78, 5) is 27.0. The largest absolute Gasteiger partial charge is 0.350 e. The van der Waals surface area contributed by atoms with E-state index >= 15 is 0 Å². The zero-order chi connectivity index (χ0) is 21.7. The molecule has 0 bridgehead atoms. The number of benzene rings is 3. The van der Waals surface area contributed by atoms with E-state index < -0.39 is 0 Å². The van der Waals surface area contributed by atoms with Gasteiger partial charge in [0.05, 0.1) is 0 Å². The molecule has 1 unspecified atom stereocenters. The Morgan fingerprint density at radius 3 is 2.42 bits per heavy atom. The molecular weight excluding hydrogens is 384 g/mol. The van der Waals surface area contributed by atoms with Crippen LogP contribution in [0.25, 0.3) is 10.8 Å². The number of hydrogen-bond donors (Lipinski definition) is 1. The van der Waals surface area contributed by atoms with E-state index in [1.807, 2.05) is 54.3 Å². The van der Waals surface area contributed by atoms with Gasteiger partial charge in [-0.05, 0) is 48.1 Å². The van der Waals surface area contributed by atoms with E-state index in [0.717, 1.165) is 18.4 Å². The molecule has 1 heterocycles. The third-order valence-electron chi connectivity index (χ3n) is 6.36. The molecule has 0 spiro atoms. The lowest BCUT2D eigenvalue weighted by molar-refractivity contribution is -0.132. The maximum absolute atomic E-state index is 13.0. The highest BCUT2D eigenvalue weighted by molar-refractivity contribution is 5.83. The Morgan fingerprint density at radius 2 is 1.71 bits per heavy atom. The van der Waals surface area contributed by atoms with Crippen LogP contribution in [0.1, 0.15) is 43.7 Å². The van der Waals surface area contributed by atoms with Crippen molar-refractivity contribution < 1.29 is 9.59 Å². The van der Waals surface area contributed by atoms with Crippen molar-refractivity contribution in [2.75, 3.05) is 6.54 Å². The molecule has 0 aromatic heterocycles. The first-order chi connectivity index (χ1) is 15.1. The van der Waals surface area contributed by atoms with Gasteiger partial charge in [0.25, 0.3) is 0 Å². The first-order valence-electron chi connectivity index (χ1n) is 11.2. The van der Waals surface area contributed by atoms with E-state index in [2.05, 4.69) is 35.6 Å². The van der Waals surface area contributed by atoms with Crippen LogP contribution in [0.5, 0.6) is 0 Å². The highest BCUT2D eigenvalue weighted by atomic mass is 16.2. The number of rotatable bonds is 8. The molecule has 2 amide bonds. The zero-order valence-corrected chi connectivity index (χ0v) is 18.1. The van der Waals surface area contributed by atoms with Crippen LogP contribution < -0.4 is 5.32 Å². The molecule has 1 N–H and O–H groups in total. The summed E-state index contributed by atoms with van der Waals surface area (Å²) in [5.41, 5.74) is 1.99. The number of hydrogen-bond acceptors (Lipinski definition) is 2. The second-order valence-electron chi connectivity index (χ2n) is 8.58. The van der Waals surface area contributed by atoms with Crippen molar-refractivity contribution in [3.63, 3.8) is 0 Å².